The lowest BCUT2D eigenvalue weighted by molar-refractivity contribution is -0.0854. The maximum absolute atomic E-state index is 14.0. The number of aromatic nitrogens is 4. The van der Waals surface area contributed by atoms with Crippen LogP contribution in [-0.2, 0) is 12.1 Å². The molecule has 4 aliphatic rings. The molecular weight excluding hydrogens is 305 g/mol. The summed E-state index contributed by atoms with van der Waals surface area (Å²) in [7, 11) is 0. The average Bonchev–Trinajstić information content (AvgIpc) is 3.08. The van der Waals surface area contributed by atoms with Crippen molar-refractivity contribution >= 4 is 0 Å². The minimum atomic E-state index is -0.123. The van der Waals surface area contributed by atoms with Crippen molar-refractivity contribution in [3.8, 4) is 0 Å². The third kappa shape index (κ3) is 2.19. The van der Waals surface area contributed by atoms with E-state index in [1.54, 1.807) is 6.07 Å². The summed E-state index contributed by atoms with van der Waals surface area (Å²) in [5.74, 6) is 1.30. The van der Waals surface area contributed by atoms with Gasteiger partial charge in [0.1, 0.15) is 5.82 Å². The molecule has 1 heterocycles. The SMILES string of the molecule is Fc1ccccc1CNC12CC3CC(C1)CC(n1ncnn1)(C3)C2. The first-order chi connectivity index (χ1) is 11.7. The van der Waals surface area contributed by atoms with Crippen molar-refractivity contribution < 1.29 is 4.39 Å². The van der Waals surface area contributed by atoms with E-state index in [1.165, 1.54) is 31.7 Å². The smallest absolute Gasteiger partial charge is 0.162 e. The third-order valence-corrected chi connectivity index (χ3v) is 6.42. The number of halogens is 1. The summed E-state index contributed by atoms with van der Waals surface area (Å²) in [6.07, 6.45) is 8.57. The molecule has 1 N–H and O–H groups in total. The number of nitrogens with zero attached hydrogens (tertiary/aromatic N) is 4. The van der Waals surface area contributed by atoms with Gasteiger partial charge in [0.25, 0.3) is 0 Å². The largest absolute Gasteiger partial charge is 0.307 e. The summed E-state index contributed by atoms with van der Waals surface area (Å²) in [5.41, 5.74) is 0.837. The lowest BCUT2D eigenvalue weighted by Crippen LogP contribution is -2.65. The van der Waals surface area contributed by atoms with Crippen molar-refractivity contribution in [3.05, 3.63) is 42.0 Å². The van der Waals surface area contributed by atoms with Gasteiger partial charge in [-0.05, 0) is 61.6 Å². The summed E-state index contributed by atoms with van der Waals surface area (Å²) in [6.45, 7) is 0.590. The Balaban J connectivity index is 1.43. The standard InChI is InChI=1S/C18H22FN5/c19-16-4-2-1-3-15(16)10-20-17-6-13-5-14(7-17)9-18(8-13,11-17)24-22-12-21-23-24/h1-4,12-14,20H,5-11H2. The summed E-state index contributed by atoms with van der Waals surface area (Å²) in [5, 5.41) is 16.3. The van der Waals surface area contributed by atoms with Crippen LogP contribution in [0.1, 0.15) is 44.1 Å². The number of rotatable bonds is 4. The fraction of sp³-hybridized carbons (Fsp3) is 0.611. The molecule has 0 aliphatic heterocycles. The van der Waals surface area contributed by atoms with Gasteiger partial charge in [0.2, 0.25) is 0 Å². The van der Waals surface area contributed by atoms with E-state index < -0.39 is 0 Å². The fourth-order valence-corrected chi connectivity index (χ4v) is 5.96. The van der Waals surface area contributed by atoms with Crippen LogP contribution in [0, 0.1) is 17.7 Å². The van der Waals surface area contributed by atoms with Crippen LogP contribution in [0.5, 0.6) is 0 Å². The normalized spacial score (nSPS) is 37.0. The van der Waals surface area contributed by atoms with Crippen LogP contribution >= 0.6 is 0 Å². The molecule has 4 saturated carbocycles. The van der Waals surface area contributed by atoms with Crippen molar-refractivity contribution in [3.63, 3.8) is 0 Å². The Morgan fingerprint density at radius 3 is 2.67 bits per heavy atom. The van der Waals surface area contributed by atoms with Gasteiger partial charge in [0.05, 0.1) is 5.54 Å². The minimum Gasteiger partial charge on any atom is -0.307 e. The number of benzene rings is 1. The van der Waals surface area contributed by atoms with Crippen LogP contribution < -0.4 is 5.32 Å². The van der Waals surface area contributed by atoms with Crippen molar-refractivity contribution in [2.24, 2.45) is 11.8 Å². The van der Waals surface area contributed by atoms with Gasteiger partial charge in [-0.1, -0.05) is 18.2 Å². The van der Waals surface area contributed by atoms with E-state index in [2.05, 4.69) is 20.7 Å². The number of nitrogens with one attached hydrogen (secondary N) is 1. The molecular formula is C18H22FN5. The van der Waals surface area contributed by atoms with Gasteiger partial charge in [-0.25, -0.2) is 4.39 Å². The topological polar surface area (TPSA) is 55.6 Å². The zero-order chi connectivity index (χ0) is 16.2. The van der Waals surface area contributed by atoms with Crippen molar-refractivity contribution in [2.45, 2.75) is 56.1 Å². The molecule has 4 bridgehead atoms. The minimum absolute atomic E-state index is 0.00279. The Hall–Kier alpha value is -1.82. The highest BCUT2D eigenvalue weighted by Gasteiger charge is 2.59. The molecule has 126 valence electrons. The van der Waals surface area contributed by atoms with Crippen LogP contribution in [0.3, 0.4) is 0 Å². The average molecular weight is 327 g/mol. The van der Waals surface area contributed by atoms with Crippen LogP contribution in [-0.4, -0.2) is 25.7 Å². The van der Waals surface area contributed by atoms with E-state index in [-0.39, 0.29) is 16.9 Å². The first-order valence-corrected chi connectivity index (χ1v) is 8.88. The molecule has 24 heavy (non-hydrogen) atoms. The Morgan fingerprint density at radius 1 is 1.17 bits per heavy atom. The van der Waals surface area contributed by atoms with Gasteiger partial charge < -0.3 is 5.32 Å². The second-order valence-electron chi connectivity index (χ2n) is 8.14. The van der Waals surface area contributed by atoms with Gasteiger partial charge in [0, 0.05) is 17.6 Å². The van der Waals surface area contributed by atoms with Crippen LogP contribution in [0.15, 0.2) is 30.6 Å². The molecule has 0 amide bonds. The van der Waals surface area contributed by atoms with Gasteiger partial charge in [-0.15, -0.1) is 10.2 Å². The molecule has 0 saturated heterocycles. The van der Waals surface area contributed by atoms with E-state index in [1.807, 2.05) is 16.9 Å². The van der Waals surface area contributed by atoms with Crippen molar-refractivity contribution in [2.75, 3.05) is 0 Å². The zero-order valence-electron chi connectivity index (χ0n) is 13.7. The Morgan fingerprint density at radius 2 is 1.96 bits per heavy atom. The predicted octanol–water partition coefficient (Wildman–Crippen LogP) is 2.65. The third-order valence-electron chi connectivity index (χ3n) is 6.42. The summed E-state index contributed by atoms with van der Waals surface area (Å²) >= 11 is 0. The highest BCUT2D eigenvalue weighted by molar-refractivity contribution is 5.19. The van der Waals surface area contributed by atoms with Gasteiger partial charge >= 0.3 is 0 Å². The maximum Gasteiger partial charge on any atom is 0.162 e. The molecule has 5 nitrogen and oxygen atoms in total. The quantitative estimate of drug-likeness (QED) is 0.938. The summed E-state index contributed by atoms with van der Waals surface area (Å²) < 4.78 is 14.0. The Kier molecular flexibility index (Phi) is 3.08. The van der Waals surface area contributed by atoms with E-state index in [0.717, 1.165) is 24.8 Å². The van der Waals surface area contributed by atoms with Gasteiger partial charge in [0.15, 0.2) is 6.33 Å². The predicted molar refractivity (Wildman–Crippen MR) is 86.4 cm³/mol. The monoisotopic (exact) mass is 327 g/mol. The number of tetrazole rings is 1. The lowest BCUT2D eigenvalue weighted by Gasteiger charge is -2.61. The van der Waals surface area contributed by atoms with E-state index in [9.17, 15) is 4.39 Å². The maximum atomic E-state index is 14.0. The molecule has 0 radical (unpaired) electrons. The number of hydrogen-bond donors (Lipinski definition) is 1. The van der Waals surface area contributed by atoms with Crippen LogP contribution in [0.2, 0.25) is 0 Å². The highest BCUT2D eigenvalue weighted by Crippen LogP contribution is 2.60. The van der Waals surface area contributed by atoms with Crippen LogP contribution in [0.4, 0.5) is 4.39 Å². The van der Waals surface area contributed by atoms with E-state index in [0.29, 0.717) is 18.4 Å². The molecule has 6 heteroatoms. The lowest BCUT2D eigenvalue weighted by atomic mass is 9.50. The highest BCUT2D eigenvalue weighted by atomic mass is 19.1. The Bertz CT molecular complexity index is 730. The summed E-state index contributed by atoms with van der Waals surface area (Å²) in [6, 6.07) is 7.06. The van der Waals surface area contributed by atoms with E-state index in [4.69, 9.17) is 0 Å². The Labute approximate surface area is 140 Å². The summed E-state index contributed by atoms with van der Waals surface area (Å²) in [4.78, 5) is 1.87. The van der Waals surface area contributed by atoms with E-state index >= 15 is 0 Å². The molecule has 4 aliphatic carbocycles. The molecule has 6 rings (SSSR count). The fourth-order valence-electron chi connectivity index (χ4n) is 5.96. The molecule has 2 atom stereocenters. The molecule has 4 fully saturated rings. The molecule has 1 aromatic heterocycles. The second-order valence-corrected chi connectivity index (χ2v) is 8.14. The first kappa shape index (κ1) is 14.5. The first-order valence-electron chi connectivity index (χ1n) is 8.88. The van der Waals surface area contributed by atoms with Crippen molar-refractivity contribution in [1.29, 1.82) is 0 Å². The zero-order valence-corrected chi connectivity index (χ0v) is 13.7. The van der Waals surface area contributed by atoms with Gasteiger partial charge in [-0.2, -0.15) is 4.80 Å². The molecule has 2 unspecified atom stereocenters. The molecule has 0 spiro atoms. The van der Waals surface area contributed by atoms with Crippen molar-refractivity contribution in [1.82, 2.24) is 25.5 Å². The molecule has 2 aromatic rings. The second kappa shape index (κ2) is 5.09. The molecule has 1 aromatic carbocycles. The number of hydrogen-bond acceptors (Lipinski definition) is 4. The van der Waals surface area contributed by atoms with Crippen LogP contribution in [0.25, 0.3) is 0 Å². The van der Waals surface area contributed by atoms with Gasteiger partial charge in [-0.3, -0.25) is 0 Å².